The van der Waals surface area contributed by atoms with Gasteiger partial charge in [0.05, 0.1) is 19.2 Å². The first kappa shape index (κ1) is 2.80. The Hall–Kier alpha value is -2.02. The lowest BCUT2D eigenvalue weighted by Gasteiger charge is -2.07. The molecule has 0 amide bonds. The van der Waals surface area contributed by atoms with Crippen molar-refractivity contribution in [3.63, 3.8) is 0 Å². The van der Waals surface area contributed by atoms with Crippen molar-refractivity contribution in [1.29, 1.82) is 0 Å². The van der Waals surface area contributed by atoms with Gasteiger partial charge in [0.25, 0.3) is 0 Å². The monoisotopic (exact) mass is 220 g/mol. The Labute approximate surface area is 113 Å². The molecule has 3 rings (SSSR count). The van der Waals surface area contributed by atoms with E-state index in [9.17, 15) is 0 Å². The van der Waals surface area contributed by atoms with E-state index in [1.165, 1.54) is 0 Å². The zero-order valence-electron chi connectivity index (χ0n) is 20.9. The molecule has 0 aliphatic carbocycles. The maximum atomic E-state index is 8.28. The minimum absolute atomic E-state index is 0.408. The molecule has 1 heteroatoms. The molecule has 0 aliphatic heterocycles. The Morgan fingerprint density at radius 2 is 1.75 bits per heavy atom. The Balaban J connectivity index is 2.74. The average Bonchev–Trinajstić information content (AvgIpc) is 2.94. The molecular formula is C15H13N. The van der Waals surface area contributed by atoms with Crippen molar-refractivity contribution < 1.29 is 17.8 Å². The summed E-state index contributed by atoms with van der Waals surface area (Å²) in [5.74, 6) is 0. The molecule has 0 fully saturated rings. The molecular weight excluding hydrogens is 194 g/mol. The van der Waals surface area contributed by atoms with Gasteiger partial charge in [0.15, 0.2) is 0 Å². The molecule has 16 heavy (non-hydrogen) atoms. The Bertz CT molecular complexity index is 1160. The zero-order valence-corrected chi connectivity index (χ0v) is 7.95. The molecule has 1 heterocycles. The fourth-order valence-corrected chi connectivity index (χ4v) is 1.43. The number of aromatic nitrogens is 1. The van der Waals surface area contributed by atoms with Crippen molar-refractivity contribution in [3.8, 4) is 5.69 Å². The number of para-hydroxylation sites is 2. The fourth-order valence-electron chi connectivity index (χ4n) is 1.43. The number of fused-ring (bicyclic) bond motifs is 1. The minimum Gasteiger partial charge on any atom is -0.314 e. The summed E-state index contributed by atoms with van der Waals surface area (Å²) in [6.07, 6.45) is 0. The highest BCUT2D eigenvalue weighted by Gasteiger charge is 2.05. The number of benzene rings is 2. The molecule has 2 aromatic carbocycles. The van der Waals surface area contributed by atoms with Crippen LogP contribution in [0.5, 0.6) is 0 Å². The molecule has 0 bridgehead atoms. The Morgan fingerprint density at radius 1 is 1.00 bits per heavy atom. The van der Waals surface area contributed by atoms with Crippen LogP contribution in [0.2, 0.25) is 0 Å². The molecule has 1 nitrogen and oxygen atoms in total. The summed E-state index contributed by atoms with van der Waals surface area (Å²) in [6, 6.07) is -7.14. The van der Waals surface area contributed by atoms with Gasteiger partial charge >= 0.3 is 0 Å². The van der Waals surface area contributed by atoms with E-state index < -0.39 is 89.6 Å². The van der Waals surface area contributed by atoms with E-state index in [0.717, 1.165) is 0 Å². The van der Waals surface area contributed by atoms with Crippen LogP contribution in [0.4, 0.5) is 0 Å². The van der Waals surface area contributed by atoms with Gasteiger partial charge in [-0.05, 0) is 31.0 Å². The van der Waals surface area contributed by atoms with E-state index in [0.29, 0.717) is 4.57 Å². The van der Waals surface area contributed by atoms with Crippen molar-refractivity contribution in [2.45, 2.75) is 6.85 Å². The summed E-state index contributed by atoms with van der Waals surface area (Å²) in [4.78, 5) is 0. The summed E-state index contributed by atoms with van der Waals surface area (Å²) >= 11 is 0. The van der Waals surface area contributed by atoms with Gasteiger partial charge in [-0.1, -0.05) is 36.3 Å². The van der Waals surface area contributed by atoms with Crippen LogP contribution in [0, 0.1) is 6.85 Å². The molecule has 0 radical (unpaired) electrons. The average molecular weight is 220 g/mol. The molecule has 0 N–H and O–H groups in total. The Morgan fingerprint density at radius 3 is 2.56 bits per heavy atom. The summed E-state index contributed by atoms with van der Waals surface area (Å²) in [5.41, 5.74) is -1.81. The van der Waals surface area contributed by atoms with E-state index in [-0.39, 0.29) is 0 Å². The second kappa shape index (κ2) is 3.53. The summed E-state index contributed by atoms with van der Waals surface area (Å²) in [5, 5.41) is -0.408. The van der Waals surface area contributed by atoms with Gasteiger partial charge in [0.2, 0.25) is 0 Å². The molecule has 0 saturated carbocycles. The van der Waals surface area contributed by atoms with Crippen LogP contribution in [0.1, 0.15) is 23.5 Å². The van der Waals surface area contributed by atoms with Gasteiger partial charge in [-0.15, -0.1) is 0 Å². The van der Waals surface area contributed by atoms with Crippen molar-refractivity contribution >= 4 is 10.9 Å². The SMILES string of the molecule is [2H]c1c([2H])c([2H])c(-n2c(C([2H])([2H])[2H])c([2H])c3c([2H])c([2H])c([2H])c([2H])c32)c([2H])c1[2H]. The molecule has 0 atom stereocenters. The van der Waals surface area contributed by atoms with E-state index in [1.807, 2.05) is 0 Å². The van der Waals surface area contributed by atoms with Gasteiger partial charge in [-0.2, -0.15) is 0 Å². The normalized spacial score (nSPS) is 23.1. The van der Waals surface area contributed by atoms with Gasteiger partial charge in [-0.25, -0.2) is 0 Å². The molecule has 0 aliphatic rings. The standard InChI is InChI=1S/C15H13N/c1-12-11-13-7-5-6-10-15(13)16(12)14-8-3-2-4-9-14/h2-11H,1H3/i1D3,2D,3D,4D,5D,6D,7D,8D,9D,10D,11D. The van der Waals surface area contributed by atoms with E-state index >= 15 is 0 Å². The van der Waals surface area contributed by atoms with E-state index in [1.54, 1.807) is 0 Å². The van der Waals surface area contributed by atoms with Crippen molar-refractivity contribution in [2.24, 2.45) is 0 Å². The van der Waals surface area contributed by atoms with Crippen LogP contribution in [0.25, 0.3) is 16.6 Å². The largest absolute Gasteiger partial charge is 0.314 e. The van der Waals surface area contributed by atoms with Crippen LogP contribution in [-0.2, 0) is 0 Å². The van der Waals surface area contributed by atoms with Crippen LogP contribution >= 0.6 is 0 Å². The maximum absolute atomic E-state index is 8.28. The Kier molecular flexibility index (Phi) is 0.618. The lowest BCUT2D eigenvalue weighted by molar-refractivity contribution is 1.05. The number of nitrogens with zero attached hydrogens (tertiary/aromatic N) is 1. The molecule has 3 aromatic rings. The van der Waals surface area contributed by atoms with Gasteiger partial charge < -0.3 is 4.57 Å². The van der Waals surface area contributed by atoms with E-state index in [2.05, 4.69) is 0 Å². The number of hydrogen-bond acceptors (Lipinski definition) is 0. The first-order valence-corrected chi connectivity index (χ1v) is 4.42. The van der Waals surface area contributed by atoms with Crippen LogP contribution in [0.15, 0.2) is 60.4 Å². The first-order valence-electron chi connectivity index (χ1n) is 10.9. The third-order valence-corrected chi connectivity index (χ3v) is 2.07. The summed E-state index contributed by atoms with van der Waals surface area (Å²) in [7, 11) is 0. The topological polar surface area (TPSA) is 4.93 Å². The number of hydrogen-bond donors (Lipinski definition) is 0. The summed E-state index contributed by atoms with van der Waals surface area (Å²) < 4.78 is 104. The lowest BCUT2D eigenvalue weighted by Crippen LogP contribution is -1.94. The van der Waals surface area contributed by atoms with Crippen LogP contribution in [-0.4, -0.2) is 4.57 Å². The molecule has 0 spiro atoms. The van der Waals surface area contributed by atoms with Crippen LogP contribution < -0.4 is 0 Å². The smallest absolute Gasteiger partial charge is 0.0648 e. The second-order valence-electron chi connectivity index (χ2n) is 3.01. The molecule has 1 aromatic heterocycles. The van der Waals surface area contributed by atoms with Crippen LogP contribution in [0.3, 0.4) is 0 Å². The quantitative estimate of drug-likeness (QED) is 0.585. The highest BCUT2D eigenvalue weighted by molar-refractivity contribution is 5.83. The van der Waals surface area contributed by atoms with Gasteiger partial charge in [-0.3, -0.25) is 0 Å². The van der Waals surface area contributed by atoms with E-state index in [4.69, 9.17) is 17.8 Å². The lowest BCUT2D eigenvalue weighted by atomic mass is 10.2. The van der Waals surface area contributed by atoms with Crippen molar-refractivity contribution in [3.05, 3.63) is 66.1 Å². The van der Waals surface area contributed by atoms with Crippen molar-refractivity contribution in [1.82, 2.24) is 4.57 Å². The third kappa shape index (κ3) is 1.33. The third-order valence-electron chi connectivity index (χ3n) is 2.07. The fraction of sp³-hybridized carbons (Fsp3) is 0.0667. The van der Waals surface area contributed by atoms with Gasteiger partial charge in [0, 0.05) is 20.9 Å². The molecule has 78 valence electrons. The predicted molar refractivity (Wildman–Crippen MR) is 68.0 cm³/mol. The molecule has 0 unspecified atom stereocenters. The minimum atomic E-state index is -3.01. The molecule has 0 saturated heterocycles. The zero-order chi connectivity index (χ0) is 22.2. The second-order valence-corrected chi connectivity index (χ2v) is 3.01. The first-order chi connectivity index (χ1) is 13.2. The highest BCUT2D eigenvalue weighted by atomic mass is 15.0. The highest BCUT2D eigenvalue weighted by Crippen LogP contribution is 2.23. The van der Waals surface area contributed by atoms with Gasteiger partial charge in [0.1, 0.15) is 0 Å². The van der Waals surface area contributed by atoms with Crippen molar-refractivity contribution in [2.75, 3.05) is 0 Å². The number of rotatable bonds is 1. The maximum Gasteiger partial charge on any atom is 0.0648 e. The predicted octanol–water partition coefficient (Wildman–Crippen LogP) is 3.94. The summed E-state index contributed by atoms with van der Waals surface area (Å²) in [6.45, 7) is -3.01.